The second-order valence-electron chi connectivity index (χ2n) is 13.5. The molecule has 0 radical (unpaired) electrons. The van der Waals surface area contributed by atoms with E-state index < -0.39 is 17.4 Å². The van der Waals surface area contributed by atoms with Crippen molar-refractivity contribution in [2.45, 2.75) is 77.9 Å². The number of hydrogen-bond donors (Lipinski definition) is 3. The van der Waals surface area contributed by atoms with Crippen LogP contribution in [-0.4, -0.2) is 48.4 Å². The Hall–Kier alpha value is -4.33. The first-order valence-corrected chi connectivity index (χ1v) is 16.9. The van der Waals surface area contributed by atoms with Crippen LogP contribution in [0.5, 0.6) is 0 Å². The predicted octanol–water partition coefficient (Wildman–Crippen LogP) is 6.66. The number of aliphatic hydroxyl groups excluding tert-OH is 1. The second-order valence-corrected chi connectivity index (χ2v) is 13.5. The summed E-state index contributed by atoms with van der Waals surface area (Å²) in [5.41, 5.74) is 3.67. The van der Waals surface area contributed by atoms with Crippen molar-refractivity contribution >= 4 is 17.5 Å². The Morgan fingerprint density at radius 2 is 1.56 bits per heavy atom. The van der Waals surface area contributed by atoms with Gasteiger partial charge in [-0.1, -0.05) is 104 Å². The lowest BCUT2D eigenvalue weighted by molar-refractivity contribution is -0.120. The molecule has 7 heteroatoms. The fourth-order valence-corrected chi connectivity index (χ4v) is 6.39. The van der Waals surface area contributed by atoms with E-state index in [9.17, 15) is 19.5 Å². The van der Waals surface area contributed by atoms with Gasteiger partial charge in [-0.05, 0) is 63.5 Å². The fraction of sp³-hybridized carbons (Fsp3) is 0.390. The van der Waals surface area contributed by atoms with Crippen molar-refractivity contribution in [3.8, 4) is 0 Å². The lowest BCUT2D eigenvalue weighted by Gasteiger charge is -2.33. The zero-order valence-electron chi connectivity index (χ0n) is 29.1. The molecule has 254 valence electrons. The summed E-state index contributed by atoms with van der Waals surface area (Å²) in [6.07, 6.45) is 10.0. The van der Waals surface area contributed by atoms with Gasteiger partial charge in [0.15, 0.2) is 0 Å². The van der Waals surface area contributed by atoms with E-state index in [-0.39, 0.29) is 40.9 Å². The number of fused-ring (bicyclic) bond motifs is 2. The van der Waals surface area contributed by atoms with Gasteiger partial charge in [-0.3, -0.25) is 14.4 Å². The van der Waals surface area contributed by atoms with Gasteiger partial charge in [0.25, 0.3) is 5.91 Å². The summed E-state index contributed by atoms with van der Waals surface area (Å²) in [6.45, 7) is 10.2. The van der Waals surface area contributed by atoms with Crippen molar-refractivity contribution in [3.63, 3.8) is 0 Å². The average molecular weight is 651 g/mol. The monoisotopic (exact) mass is 650 g/mol. The largest absolute Gasteiger partial charge is 0.393 e. The molecule has 1 amide bonds. The lowest BCUT2D eigenvalue weighted by atomic mass is 9.76. The number of ether oxygens (including phenoxy) is 1. The summed E-state index contributed by atoms with van der Waals surface area (Å²) < 4.78 is 5.62. The number of carbonyl (C=O) groups is 3. The summed E-state index contributed by atoms with van der Waals surface area (Å²) in [5.74, 6) is -1.29. The van der Waals surface area contributed by atoms with Crippen LogP contribution in [0.3, 0.4) is 0 Å². The number of allylic oxidation sites excluding steroid dienone is 4. The Morgan fingerprint density at radius 3 is 2.17 bits per heavy atom. The van der Waals surface area contributed by atoms with Crippen molar-refractivity contribution < 1.29 is 24.2 Å². The third-order valence-corrected chi connectivity index (χ3v) is 9.55. The van der Waals surface area contributed by atoms with E-state index in [2.05, 4.69) is 47.9 Å². The van der Waals surface area contributed by atoms with Crippen molar-refractivity contribution in [2.75, 3.05) is 13.7 Å². The van der Waals surface area contributed by atoms with Crippen LogP contribution in [0.2, 0.25) is 0 Å². The summed E-state index contributed by atoms with van der Waals surface area (Å²) in [6, 6.07) is 20.2. The van der Waals surface area contributed by atoms with E-state index in [0.717, 1.165) is 16.7 Å². The number of aliphatic hydroxyl groups is 1. The van der Waals surface area contributed by atoms with Crippen LogP contribution in [-0.2, 0) is 24.5 Å². The molecular weight excluding hydrogens is 600 g/mol. The van der Waals surface area contributed by atoms with E-state index in [1.807, 2.05) is 63.2 Å². The topological polar surface area (TPSA) is 105 Å². The highest BCUT2D eigenvalue weighted by Gasteiger charge is 2.34. The standard InChI is InChI=1S/C41H50N2O5/c1-27-20-21-36(44)30(4)22-28(2)23-33(48-6)19-13-14-29(3)40(47)43-35-25-37(45)38(34(24-27)39(35)46)42-26-41(5,31-15-9-7-10-16-31)32-17-11-8-12-18-32/h7-19,22,25,27,30,33,36,42,44H,20-21,23-24,26H2,1-6H3,(H,43,47)/b19-13-,28-22+,29-14+. The summed E-state index contributed by atoms with van der Waals surface area (Å²) in [7, 11) is 1.64. The van der Waals surface area contributed by atoms with E-state index in [1.54, 1.807) is 26.2 Å². The lowest BCUT2D eigenvalue weighted by Crippen LogP contribution is -2.41. The van der Waals surface area contributed by atoms with Crippen LogP contribution >= 0.6 is 0 Å². The first-order valence-electron chi connectivity index (χ1n) is 16.9. The maximum Gasteiger partial charge on any atom is 0.251 e. The smallest absolute Gasteiger partial charge is 0.251 e. The number of amides is 1. The van der Waals surface area contributed by atoms with Gasteiger partial charge >= 0.3 is 0 Å². The molecule has 2 aliphatic rings. The molecular formula is C41H50N2O5. The molecule has 0 fully saturated rings. The summed E-state index contributed by atoms with van der Waals surface area (Å²) >= 11 is 0. The number of hydrogen-bond acceptors (Lipinski definition) is 6. The number of Topliss-reactive ketones (excluding diaryl/α,β-unsaturated/α-hetero) is 1. The highest BCUT2D eigenvalue weighted by molar-refractivity contribution is 6.23. The molecule has 3 N–H and O–H groups in total. The van der Waals surface area contributed by atoms with Crippen LogP contribution in [0, 0.1) is 11.8 Å². The third-order valence-electron chi connectivity index (χ3n) is 9.55. The zero-order chi connectivity index (χ0) is 34.8. The van der Waals surface area contributed by atoms with Gasteiger partial charge in [-0.25, -0.2) is 0 Å². The molecule has 4 rings (SSSR count). The SMILES string of the molecule is COC1/C=C\C=C(/C)C(=O)NC2=CC(=O)C(NCC(C)(c3ccccc3)c3ccccc3)=C(CC(C)CCC(O)C(C)/C=C(\C)C1)C2=O. The first kappa shape index (κ1) is 36.5. The minimum atomic E-state index is -0.561. The van der Waals surface area contributed by atoms with Gasteiger partial charge < -0.3 is 20.5 Å². The quantitative estimate of drug-likeness (QED) is 0.239. The Bertz CT molecular complexity index is 1580. The van der Waals surface area contributed by atoms with Crippen molar-refractivity contribution in [1.82, 2.24) is 10.6 Å². The molecule has 4 atom stereocenters. The van der Waals surface area contributed by atoms with Crippen LogP contribution in [0.25, 0.3) is 0 Å². The van der Waals surface area contributed by atoms with Crippen LogP contribution < -0.4 is 10.6 Å². The molecule has 1 heterocycles. The van der Waals surface area contributed by atoms with Gasteiger partial charge in [0, 0.05) is 42.2 Å². The fourth-order valence-electron chi connectivity index (χ4n) is 6.39. The Balaban J connectivity index is 1.70. The average Bonchev–Trinajstić information content (AvgIpc) is 3.08. The van der Waals surface area contributed by atoms with Gasteiger partial charge in [0.2, 0.25) is 11.6 Å². The number of methoxy groups -OCH3 is 1. The van der Waals surface area contributed by atoms with Gasteiger partial charge in [-0.15, -0.1) is 0 Å². The van der Waals surface area contributed by atoms with E-state index in [1.165, 1.54) is 6.08 Å². The molecule has 0 saturated carbocycles. The second kappa shape index (κ2) is 16.7. The molecule has 0 spiro atoms. The molecule has 2 bridgehead atoms. The first-order chi connectivity index (χ1) is 22.9. The van der Waals surface area contributed by atoms with Crippen LogP contribution in [0.1, 0.15) is 71.4 Å². The molecule has 0 aromatic heterocycles. The number of rotatable bonds is 6. The highest BCUT2D eigenvalue weighted by atomic mass is 16.5. The number of benzene rings is 2. The third kappa shape index (κ3) is 9.18. The van der Waals surface area contributed by atoms with Gasteiger partial charge in [0.1, 0.15) is 0 Å². The van der Waals surface area contributed by atoms with Crippen LogP contribution in [0.15, 0.2) is 119 Å². The maximum absolute atomic E-state index is 14.1. The molecule has 4 unspecified atom stereocenters. The molecule has 1 aliphatic heterocycles. The van der Waals surface area contributed by atoms with E-state index in [0.29, 0.717) is 43.4 Å². The van der Waals surface area contributed by atoms with Crippen molar-refractivity contribution in [3.05, 3.63) is 130 Å². The molecule has 7 nitrogen and oxygen atoms in total. The molecule has 2 aromatic rings. The number of nitrogens with one attached hydrogen (secondary N) is 2. The molecule has 48 heavy (non-hydrogen) atoms. The predicted molar refractivity (Wildman–Crippen MR) is 191 cm³/mol. The van der Waals surface area contributed by atoms with E-state index >= 15 is 0 Å². The van der Waals surface area contributed by atoms with Crippen molar-refractivity contribution in [2.24, 2.45) is 11.8 Å². The maximum atomic E-state index is 14.1. The van der Waals surface area contributed by atoms with Crippen LogP contribution in [0.4, 0.5) is 0 Å². The molecule has 1 aliphatic carbocycles. The normalized spacial score (nSPS) is 26.5. The highest BCUT2D eigenvalue weighted by Crippen LogP contribution is 2.33. The Labute approximate surface area is 285 Å². The summed E-state index contributed by atoms with van der Waals surface area (Å²) in [4.78, 5) is 41.1. The minimum absolute atomic E-state index is 0.0176. The van der Waals surface area contributed by atoms with E-state index in [4.69, 9.17) is 4.74 Å². The minimum Gasteiger partial charge on any atom is -0.393 e. The van der Waals surface area contributed by atoms with Gasteiger partial charge in [0.05, 0.1) is 23.6 Å². The zero-order valence-corrected chi connectivity index (χ0v) is 29.1. The molecule has 2 aromatic carbocycles. The number of carbonyl (C=O) groups excluding carboxylic acids is 3. The van der Waals surface area contributed by atoms with Crippen molar-refractivity contribution in [1.29, 1.82) is 0 Å². The Kier molecular flexibility index (Phi) is 12.7. The van der Waals surface area contributed by atoms with Gasteiger partial charge in [-0.2, -0.15) is 0 Å². The Morgan fingerprint density at radius 1 is 0.938 bits per heavy atom. The molecule has 0 saturated heterocycles. The number of ketones is 2. The summed E-state index contributed by atoms with van der Waals surface area (Å²) in [5, 5.41) is 17.1.